The molecule has 8 nitrogen and oxygen atoms in total. The van der Waals surface area contributed by atoms with Crippen LogP contribution >= 0.6 is 0 Å². The molecule has 4 rings (SSSR count). The molecule has 0 saturated heterocycles. The highest BCUT2D eigenvalue weighted by Crippen LogP contribution is 2.27. The highest BCUT2D eigenvalue weighted by molar-refractivity contribution is 7.89. The minimum atomic E-state index is -3.83. The quantitative estimate of drug-likeness (QED) is 0.316. The number of carbonyl (C=O) groups is 2. The maximum atomic E-state index is 13.2. The van der Waals surface area contributed by atoms with Gasteiger partial charge in [0.2, 0.25) is 15.9 Å². The van der Waals surface area contributed by atoms with E-state index in [1.54, 1.807) is 48.5 Å². The van der Waals surface area contributed by atoms with Gasteiger partial charge in [-0.1, -0.05) is 36.4 Å². The molecule has 0 aromatic heterocycles. The lowest BCUT2D eigenvalue weighted by atomic mass is 9.85. The Morgan fingerprint density at radius 2 is 1.47 bits per heavy atom. The van der Waals surface area contributed by atoms with Crippen molar-refractivity contribution in [3.8, 4) is 0 Å². The zero-order valence-corrected chi connectivity index (χ0v) is 21.8. The van der Waals surface area contributed by atoms with E-state index in [2.05, 4.69) is 20.7 Å². The summed E-state index contributed by atoms with van der Waals surface area (Å²) in [4.78, 5) is 25.1. The molecule has 0 spiro atoms. The fourth-order valence-corrected chi connectivity index (χ4v) is 5.83. The fourth-order valence-electron chi connectivity index (χ4n) is 4.48. The van der Waals surface area contributed by atoms with Gasteiger partial charge in [-0.15, -0.1) is 0 Å². The highest BCUT2D eigenvalue weighted by Gasteiger charge is 2.30. The minimum absolute atomic E-state index is 0.0444. The van der Waals surface area contributed by atoms with Crippen molar-refractivity contribution in [3.05, 3.63) is 90.2 Å². The number of urea groups is 1. The number of rotatable bonds is 8. The Bertz CT molecular complexity index is 1360. The second-order valence-corrected chi connectivity index (χ2v) is 11.1. The van der Waals surface area contributed by atoms with E-state index in [9.17, 15) is 22.4 Å². The van der Waals surface area contributed by atoms with Gasteiger partial charge in [0.05, 0.1) is 10.9 Å². The van der Waals surface area contributed by atoms with Crippen molar-refractivity contribution in [2.24, 2.45) is 5.92 Å². The summed E-state index contributed by atoms with van der Waals surface area (Å²) in [5.41, 5.74) is 1.78. The van der Waals surface area contributed by atoms with Crippen molar-refractivity contribution in [1.82, 2.24) is 10.0 Å². The van der Waals surface area contributed by atoms with Crippen molar-refractivity contribution in [2.45, 2.75) is 49.6 Å². The van der Waals surface area contributed by atoms with Crippen LogP contribution in [0.25, 0.3) is 0 Å². The van der Waals surface area contributed by atoms with Gasteiger partial charge in [-0.05, 0) is 80.6 Å². The number of carbonyl (C=O) groups excluding carboxylic acids is 2. The number of amides is 3. The standard InChI is InChI=1S/C28H31FN4O4S/c1-19(20-10-14-22(29)15-11-20)30-27(34)21-12-16-24(17-13-21)33-38(36,37)26-9-5-8-25(18-26)32-28(35)31-23-6-3-2-4-7-23/h2-11,14-15,18-19,21,24,33H,12-13,16-17H2,1H3,(H,30,34)(H2,31,32,35)/t19-,21?,24?/m1/s1. The molecule has 1 aliphatic carbocycles. The molecule has 1 aliphatic rings. The van der Waals surface area contributed by atoms with Crippen LogP contribution < -0.4 is 20.7 Å². The Kier molecular flexibility index (Phi) is 8.75. The zero-order valence-electron chi connectivity index (χ0n) is 21.0. The molecule has 1 fully saturated rings. The van der Waals surface area contributed by atoms with E-state index in [1.807, 2.05) is 13.0 Å². The summed E-state index contributed by atoms with van der Waals surface area (Å²) in [7, 11) is -3.83. The summed E-state index contributed by atoms with van der Waals surface area (Å²) < 4.78 is 41.9. The van der Waals surface area contributed by atoms with Gasteiger partial charge in [-0.2, -0.15) is 0 Å². The van der Waals surface area contributed by atoms with Crippen molar-refractivity contribution in [1.29, 1.82) is 0 Å². The van der Waals surface area contributed by atoms with E-state index in [-0.39, 0.29) is 34.6 Å². The summed E-state index contributed by atoms with van der Waals surface area (Å²) >= 11 is 0. The number of hydrogen-bond donors (Lipinski definition) is 4. The molecule has 3 aromatic rings. The van der Waals surface area contributed by atoms with Gasteiger partial charge in [0.15, 0.2) is 0 Å². The summed E-state index contributed by atoms with van der Waals surface area (Å²) in [5.74, 6) is -0.630. The van der Waals surface area contributed by atoms with Gasteiger partial charge in [-0.25, -0.2) is 22.3 Å². The normalized spacial score (nSPS) is 18.3. The van der Waals surface area contributed by atoms with Crippen LogP contribution in [0.4, 0.5) is 20.6 Å². The van der Waals surface area contributed by atoms with E-state index < -0.39 is 16.1 Å². The fraction of sp³-hybridized carbons (Fsp3) is 0.286. The Hall–Kier alpha value is -3.76. The molecule has 3 aromatic carbocycles. The first-order valence-corrected chi connectivity index (χ1v) is 14.0. The largest absolute Gasteiger partial charge is 0.349 e. The Labute approximate surface area is 222 Å². The number of benzene rings is 3. The predicted molar refractivity (Wildman–Crippen MR) is 145 cm³/mol. The first kappa shape index (κ1) is 27.3. The zero-order chi connectivity index (χ0) is 27.1. The van der Waals surface area contributed by atoms with Gasteiger partial charge >= 0.3 is 6.03 Å². The van der Waals surface area contributed by atoms with E-state index in [0.717, 1.165) is 5.56 Å². The maximum Gasteiger partial charge on any atom is 0.323 e. The summed E-state index contributed by atoms with van der Waals surface area (Å²) in [6, 6.07) is 19.9. The Morgan fingerprint density at radius 3 is 2.16 bits per heavy atom. The topological polar surface area (TPSA) is 116 Å². The average molecular weight is 539 g/mol. The smallest absolute Gasteiger partial charge is 0.323 e. The van der Waals surface area contributed by atoms with Crippen LogP contribution in [0.15, 0.2) is 83.8 Å². The highest BCUT2D eigenvalue weighted by atomic mass is 32.2. The molecule has 10 heteroatoms. The third kappa shape index (κ3) is 7.39. The van der Waals surface area contributed by atoms with Gasteiger partial charge < -0.3 is 16.0 Å². The van der Waals surface area contributed by atoms with Crippen molar-refractivity contribution < 1.29 is 22.4 Å². The number of anilines is 2. The van der Waals surface area contributed by atoms with Crippen LogP contribution in [0.5, 0.6) is 0 Å². The lowest BCUT2D eigenvalue weighted by Gasteiger charge is -2.29. The second-order valence-electron chi connectivity index (χ2n) is 9.42. The first-order chi connectivity index (χ1) is 18.2. The van der Waals surface area contributed by atoms with Crippen molar-refractivity contribution in [3.63, 3.8) is 0 Å². The molecule has 0 heterocycles. The van der Waals surface area contributed by atoms with Crippen LogP contribution in [-0.4, -0.2) is 26.4 Å². The van der Waals surface area contributed by atoms with Gasteiger partial charge in [0.1, 0.15) is 5.82 Å². The average Bonchev–Trinajstić information content (AvgIpc) is 2.90. The molecule has 0 bridgehead atoms. The SMILES string of the molecule is C[C@@H](NC(=O)C1CCC(NS(=O)(=O)c2cccc(NC(=O)Nc3ccccc3)c2)CC1)c1ccc(F)cc1. The summed E-state index contributed by atoms with van der Waals surface area (Å²) in [6.07, 6.45) is 2.16. The minimum Gasteiger partial charge on any atom is -0.349 e. The maximum absolute atomic E-state index is 13.2. The van der Waals surface area contributed by atoms with E-state index >= 15 is 0 Å². The number of halogens is 1. The Balaban J connectivity index is 1.28. The molecule has 1 atom stereocenters. The molecule has 0 aliphatic heterocycles. The Morgan fingerprint density at radius 1 is 0.842 bits per heavy atom. The van der Waals surface area contributed by atoms with Crippen LogP contribution in [0.1, 0.15) is 44.2 Å². The monoisotopic (exact) mass is 538 g/mol. The summed E-state index contributed by atoms with van der Waals surface area (Å²) in [6.45, 7) is 1.85. The molecule has 38 heavy (non-hydrogen) atoms. The molecular weight excluding hydrogens is 507 g/mol. The van der Waals surface area contributed by atoms with Crippen molar-refractivity contribution in [2.75, 3.05) is 10.6 Å². The molecule has 3 amide bonds. The van der Waals surface area contributed by atoms with E-state index in [0.29, 0.717) is 37.1 Å². The molecule has 0 radical (unpaired) electrons. The van der Waals surface area contributed by atoms with Gasteiger partial charge in [-0.3, -0.25) is 4.79 Å². The van der Waals surface area contributed by atoms with E-state index in [4.69, 9.17) is 0 Å². The van der Waals surface area contributed by atoms with Crippen LogP contribution in [0, 0.1) is 11.7 Å². The number of nitrogens with one attached hydrogen (secondary N) is 4. The molecule has 4 N–H and O–H groups in total. The first-order valence-electron chi connectivity index (χ1n) is 12.5. The van der Waals surface area contributed by atoms with Crippen LogP contribution in [0.2, 0.25) is 0 Å². The molecular formula is C28H31FN4O4S. The molecule has 1 saturated carbocycles. The van der Waals surface area contributed by atoms with Crippen LogP contribution in [0.3, 0.4) is 0 Å². The van der Waals surface area contributed by atoms with Crippen molar-refractivity contribution >= 4 is 33.3 Å². The number of hydrogen-bond acceptors (Lipinski definition) is 4. The van der Waals surface area contributed by atoms with Gasteiger partial charge in [0, 0.05) is 23.3 Å². The third-order valence-corrected chi connectivity index (χ3v) is 8.10. The lowest BCUT2D eigenvalue weighted by Crippen LogP contribution is -2.41. The predicted octanol–water partition coefficient (Wildman–Crippen LogP) is 5.18. The van der Waals surface area contributed by atoms with E-state index in [1.165, 1.54) is 24.3 Å². The third-order valence-electron chi connectivity index (χ3n) is 6.58. The summed E-state index contributed by atoms with van der Waals surface area (Å²) in [5, 5.41) is 8.31. The number of sulfonamides is 1. The number of para-hydroxylation sites is 1. The molecule has 200 valence electrons. The lowest BCUT2D eigenvalue weighted by molar-refractivity contribution is -0.126. The second kappa shape index (κ2) is 12.2. The van der Waals surface area contributed by atoms with Crippen LogP contribution in [-0.2, 0) is 14.8 Å². The molecule has 0 unspecified atom stereocenters. The van der Waals surface area contributed by atoms with Gasteiger partial charge in [0.25, 0.3) is 0 Å².